The van der Waals surface area contributed by atoms with Gasteiger partial charge in [0.1, 0.15) is 35.1 Å². The molecule has 0 saturated carbocycles. The zero-order valence-electron chi connectivity index (χ0n) is 24.6. The van der Waals surface area contributed by atoms with Gasteiger partial charge in [-0.05, 0) is 98.4 Å². The summed E-state index contributed by atoms with van der Waals surface area (Å²) in [6.45, 7) is 5.72. The number of hydrogen-bond acceptors (Lipinski definition) is 6. The fourth-order valence-corrected chi connectivity index (χ4v) is 4.87. The fraction of sp³-hybridized carbons (Fsp3) is 0.303. The zero-order chi connectivity index (χ0) is 31.0. The maximum Gasteiger partial charge on any atom is 0.329 e. The average Bonchev–Trinajstić information content (AvgIpc) is 3.48. The molecule has 3 aromatic carbocycles. The molecule has 1 heterocycles. The average molecular weight is 608 g/mol. The summed E-state index contributed by atoms with van der Waals surface area (Å²) in [5.41, 5.74) is 1.39. The van der Waals surface area contributed by atoms with Gasteiger partial charge in [-0.25, -0.2) is 18.6 Å². The van der Waals surface area contributed by atoms with Crippen molar-refractivity contribution in [1.29, 1.82) is 0 Å². The molecule has 4 rings (SSSR count). The topological polar surface area (TPSA) is 82.5 Å². The van der Waals surface area contributed by atoms with Crippen LogP contribution in [0.4, 0.5) is 8.78 Å². The van der Waals surface area contributed by atoms with Crippen molar-refractivity contribution in [2.24, 2.45) is 0 Å². The first-order valence-corrected chi connectivity index (χ1v) is 15.2. The van der Waals surface area contributed by atoms with E-state index in [4.69, 9.17) is 9.47 Å². The molecular formula is C33H35F2N3O4S. The molecule has 10 heteroatoms. The van der Waals surface area contributed by atoms with E-state index in [-0.39, 0.29) is 11.4 Å². The van der Waals surface area contributed by atoms with Crippen LogP contribution in [0.1, 0.15) is 49.2 Å². The van der Waals surface area contributed by atoms with Gasteiger partial charge in [0.15, 0.2) is 0 Å². The van der Waals surface area contributed by atoms with E-state index in [9.17, 15) is 18.4 Å². The molecule has 0 spiro atoms. The number of rotatable bonds is 12. The van der Waals surface area contributed by atoms with Gasteiger partial charge in [0.05, 0.1) is 12.9 Å². The van der Waals surface area contributed by atoms with Crippen LogP contribution in [0, 0.1) is 11.6 Å². The minimum Gasteiger partial charge on any atom is -0.484 e. The molecule has 1 amide bonds. The minimum absolute atomic E-state index is 0.282. The summed E-state index contributed by atoms with van der Waals surface area (Å²) in [5.74, 6) is -0.682. The standard InChI is InChI=1S/C33H35F2N3O4S/c1-33(2,3)42-32(40)29(15-18-43-4)37-31(39)27-14-13-26(19-28(27)22-5-9-24(34)10-6-22)41-30(20-38-17-16-36-21-38)23-7-11-25(35)12-8-23/h5-14,16-17,19,21,29-30H,15,18,20H2,1-4H3,(H,37,39)/t29-,30?/m0/s1. The van der Waals surface area contributed by atoms with Crippen molar-refractivity contribution in [3.05, 3.63) is 108 Å². The number of imidazole rings is 1. The van der Waals surface area contributed by atoms with Gasteiger partial charge in [0.2, 0.25) is 0 Å². The number of thioether (sulfide) groups is 1. The van der Waals surface area contributed by atoms with E-state index in [1.54, 1.807) is 93.7 Å². The lowest BCUT2D eigenvalue weighted by Gasteiger charge is -2.25. The summed E-state index contributed by atoms with van der Waals surface area (Å²) in [6.07, 6.45) is 6.92. The van der Waals surface area contributed by atoms with Crippen molar-refractivity contribution in [1.82, 2.24) is 14.9 Å². The molecule has 0 aliphatic rings. The molecule has 4 aromatic rings. The van der Waals surface area contributed by atoms with E-state index in [1.165, 1.54) is 24.3 Å². The molecular weight excluding hydrogens is 572 g/mol. The van der Waals surface area contributed by atoms with Crippen molar-refractivity contribution >= 4 is 23.6 Å². The highest BCUT2D eigenvalue weighted by molar-refractivity contribution is 7.98. The SMILES string of the molecule is CSCC[C@H](NC(=O)c1ccc(OC(Cn2ccnc2)c2ccc(F)cc2)cc1-c1ccc(F)cc1)C(=O)OC(C)(C)C. The van der Waals surface area contributed by atoms with Gasteiger partial charge in [-0.2, -0.15) is 11.8 Å². The summed E-state index contributed by atoms with van der Waals surface area (Å²) in [7, 11) is 0. The molecule has 0 aliphatic heterocycles. The molecule has 226 valence electrons. The lowest BCUT2D eigenvalue weighted by Crippen LogP contribution is -2.44. The second-order valence-corrected chi connectivity index (χ2v) is 12.0. The molecule has 7 nitrogen and oxygen atoms in total. The maximum atomic E-state index is 13.8. The maximum absolute atomic E-state index is 13.8. The number of ether oxygens (including phenoxy) is 2. The monoisotopic (exact) mass is 607 g/mol. The Kier molecular flexibility index (Phi) is 10.6. The number of amides is 1. The Morgan fingerprint density at radius 1 is 1.00 bits per heavy atom. The van der Waals surface area contributed by atoms with Crippen LogP contribution in [0.25, 0.3) is 11.1 Å². The third-order valence-electron chi connectivity index (χ3n) is 6.45. The molecule has 0 bridgehead atoms. The van der Waals surface area contributed by atoms with Crippen molar-refractivity contribution in [3.63, 3.8) is 0 Å². The van der Waals surface area contributed by atoms with Gasteiger partial charge in [-0.15, -0.1) is 0 Å². The molecule has 0 fully saturated rings. The largest absolute Gasteiger partial charge is 0.484 e. The number of halogens is 2. The Labute approximate surface area is 254 Å². The van der Waals surface area contributed by atoms with E-state index in [2.05, 4.69) is 10.3 Å². The van der Waals surface area contributed by atoms with Crippen molar-refractivity contribution < 1.29 is 27.8 Å². The van der Waals surface area contributed by atoms with Crippen molar-refractivity contribution in [2.75, 3.05) is 12.0 Å². The van der Waals surface area contributed by atoms with Crippen LogP contribution < -0.4 is 10.1 Å². The van der Waals surface area contributed by atoms with Crippen LogP contribution in [0.2, 0.25) is 0 Å². The number of esters is 1. The molecule has 0 saturated heterocycles. The Hall–Kier alpha value is -4.18. The summed E-state index contributed by atoms with van der Waals surface area (Å²) < 4.78 is 41.3. The lowest BCUT2D eigenvalue weighted by atomic mass is 9.98. The van der Waals surface area contributed by atoms with Gasteiger partial charge in [-0.1, -0.05) is 24.3 Å². The number of nitrogens with zero attached hydrogens (tertiary/aromatic N) is 2. The van der Waals surface area contributed by atoms with Crippen LogP contribution in [0.5, 0.6) is 5.75 Å². The Balaban J connectivity index is 1.68. The molecule has 1 unspecified atom stereocenters. The highest BCUT2D eigenvalue weighted by atomic mass is 32.2. The highest BCUT2D eigenvalue weighted by Crippen LogP contribution is 2.32. The molecule has 43 heavy (non-hydrogen) atoms. The summed E-state index contributed by atoms with van der Waals surface area (Å²) in [5, 5.41) is 2.85. The van der Waals surface area contributed by atoms with Gasteiger partial charge in [0, 0.05) is 18.0 Å². The summed E-state index contributed by atoms with van der Waals surface area (Å²) in [6, 6.07) is 16.0. The van der Waals surface area contributed by atoms with E-state index < -0.39 is 35.4 Å². The number of nitrogens with one attached hydrogen (secondary N) is 1. The molecule has 1 aromatic heterocycles. The van der Waals surface area contributed by atoms with Crippen LogP contribution >= 0.6 is 11.8 Å². The first-order valence-electron chi connectivity index (χ1n) is 13.8. The molecule has 2 atom stereocenters. The highest BCUT2D eigenvalue weighted by Gasteiger charge is 2.28. The van der Waals surface area contributed by atoms with Gasteiger partial charge in [0.25, 0.3) is 5.91 Å². The third kappa shape index (κ3) is 9.15. The first kappa shape index (κ1) is 31.7. The molecule has 1 N–H and O–H groups in total. The number of carbonyl (C=O) groups is 2. The molecule has 0 aliphatic carbocycles. The van der Waals surface area contributed by atoms with E-state index in [0.29, 0.717) is 35.6 Å². The van der Waals surface area contributed by atoms with E-state index in [0.717, 1.165) is 5.56 Å². The predicted molar refractivity (Wildman–Crippen MR) is 164 cm³/mol. The number of aromatic nitrogens is 2. The number of carbonyl (C=O) groups excluding carboxylic acids is 2. The third-order valence-corrected chi connectivity index (χ3v) is 7.10. The van der Waals surface area contributed by atoms with Crippen LogP contribution in [0.15, 0.2) is 85.5 Å². The lowest BCUT2D eigenvalue weighted by molar-refractivity contribution is -0.157. The smallest absolute Gasteiger partial charge is 0.329 e. The van der Waals surface area contributed by atoms with Gasteiger partial charge < -0.3 is 19.4 Å². The van der Waals surface area contributed by atoms with E-state index >= 15 is 0 Å². The minimum atomic E-state index is -0.853. The second-order valence-electron chi connectivity index (χ2n) is 11.0. The van der Waals surface area contributed by atoms with Gasteiger partial charge in [-0.3, -0.25) is 4.79 Å². The predicted octanol–water partition coefficient (Wildman–Crippen LogP) is 6.84. The summed E-state index contributed by atoms with van der Waals surface area (Å²) in [4.78, 5) is 30.7. The summed E-state index contributed by atoms with van der Waals surface area (Å²) >= 11 is 1.56. The Bertz CT molecular complexity index is 1500. The fourth-order valence-electron chi connectivity index (χ4n) is 4.40. The van der Waals surface area contributed by atoms with Crippen LogP contribution in [-0.2, 0) is 16.1 Å². The van der Waals surface area contributed by atoms with Crippen molar-refractivity contribution in [2.45, 2.75) is 51.5 Å². The van der Waals surface area contributed by atoms with Crippen molar-refractivity contribution in [3.8, 4) is 16.9 Å². The number of hydrogen-bond donors (Lipinski definition) is 1. The Morgan fingerprint density at radius 2 is 1.67 bits per heavy atom. The van der Waals surface area contributed by atoms with Crippen LogP contribution in [0.3, 0.4) is 0 Å². The quantitative estimate of drug-likeness (QED) is 0.178. The van der Waals surface area contributed by atoms with Gasteiger partial charge >= 0.3 is 5.97 Å². The van der Waals surface area contributed by atoms with E-state index in [1.807, 2.05) is 10.8 Å². The van der Waals surface area contributed by atoms with Crippen LogP contribution in [-0.4, -0.2) is 45.1 Å². The number of benzene rings is 3. The second kappa shape index (κ2) is 14.3. The zero-order valence-corrected chi connectivity index (χ0v) is 25.4. The molecule has 0 radical (unpaired) electrons. The first-order chi connectivity index (χ1) is 20.5. The normalized spacial score (nSPS) is 12.8. The Morgan fingerprint density at radius 3 is 2.28 bits per heavy atom.